The van der Waals surface area contributed by atoms with Gasteiger partial charge in [0.05, 0.1) is 32.5 Å². The predicted molar refractivity (Wildman–Crippen MR) is 91.9 cm³/mol. The lowest BCUT2D eigenvalue weighted by atomic mass is 9.84. The Morgan fingerprint density at radius 1 is 0.880 bits per heavy atom. The highest BCUT2D eigenvalue weighted by Gasteiger charge is 2.48. The molecule has 0 aromatic heterocycles. The molecule has 132 valence electrons. The first kappa shape index (κ1) is 16.2. The lowest BCUT2D eigenvalue weighted by molar-refractivity contribution is 0.0192. The van der Waals surface area contributed by atoms with Crippen molar-refractivity contribution < 1.29 is 24.4 Å². The van der Waals surface area contributed by atoms with Gasteiger partial charge < -0.3 is 24.4 Å². The van der Waals surface area contributed by atoms with Gasteiger partial charge in [-0.2, -0.15) is 0 Å². The van der Waals surface area contributed by atoms with Crippen LogP contribution in [0.5, 0.6) is 17.2 Å². The molecule has 2 aromatic carbocycles. The van der Waals surface area contributed by atoms with Crippen molar-refractivity contribution in [3.05, 3.63) is 53.1 Å². The Balaban J connectivity index is 1.58. The molecule has 5 nitrogen and oxygen atoms in total. The normalized spacial score (nSPS) is 28.1. The van der Waals surface area contributed by atoms with Crippen molar-refractivity contribution in [2.75, 3.05) is 20.3 Å². The van der Waals surface area contributed by atoms with E-state index in [1.54, 1.807) is 19.2 Å². The van der Waals surface area contributed by atoms with E-state index in [9.17, 15) is 10.2 Å². The van der Waals surface area contributed by atoms with Crippen molar-refractivity contribution in [1.82, 2.24) is 0 Å². The van der Waals surface area contributed by atoms with Crippen LogP contribution in [0.1, 0.15) is 28.9 Å². The summed E-state index contributed by atoms with van der Waals surface area (Å²) in [5.41, 5.74) is 2.92. The molecule has 5 heteroatoms. The average Bonchev–Trinajstić information content (AvgIpc) is 3.20. The molecule has 2 saturated heterocycles. The fraction of sp³-hybridized carbons (Fsp3) is 0.400. The summed E-state index contributed by atoms with van der Waals surface area (Å²) in [5, 5.41) is 19.5. The van der Waals surface area contributed by atoms with Crippen molar-refractivity contribution in [2.45, 2.75) is 19.1 Å². The van der Waals surface area contributed by atoms with Crippen LogP contribution in [0, 0.1) is 18.8 Å². The molecule has 0 amide bonds. The van der Waals surface area contributed by atoms with E-state index in [1.807, 2.05) is 31.2 Å². The fourth-order valence-electron chi connectivity index (χ4n) is 3.96. The van der Waals surface area contributed by atoms with Crippen molar-refractivity contribution >= 4 is 0 Å². The van der Waals surface area contributed by atoms with Gasteiger partial charge in [0.1, 0.15) is 5.75 Å². The molecule has 4 atom stereocenters. The summed E-state index contributed by atoms with van der Waals surface area (Å²) >= 11 is 0. The lowest BCUT2D eigenvalue weighted by Gasteiger charge is -2.18. The molecule has 2 fully saturated rings. The summed E-state index contributed by atoms with van der Waals surface area (Å²) in [6.07, 6.45) is -0.0870. The number of hydrogen-bond acceptors (Lipinski definition) is 5. The number of phenols is 2. The topological polar surface area (TPSA) is 68.2 Å². The summed E-state index contributed by atoms with van der Waals surface area (Å²) in [6.45, 7) is 3.15. The molecule has 2 aliphatic heterocycles. The average molecular weight is 342 g/mol. The third-order valence-corrected chi connectivity index (χ3v) is 5.35. The zero-order valence-corrected chi connectivity index (χ0v) is 14.3. The van der Waals surface area contributed by atoms with Gasteiger partial charge in [-0.3, -0.25) is 0 Å². The van der Waals surface area contributed by atoms with Crippen LogP contribution in [0.3, 0.4) is 0 Å². The van der Waals surface area contributed by atoms with Gasteiger partial charge in [0.2, 0.25) is 0 Å². The number of benzene rings is 2. The van der Waals surface area contributed by atoms with Gasteiger partial charge in [0.15, 0.2) is 11.5 Å². The van der Waals surface area contributed by atoms with E-state index in [-0.39, 0.29) is 29.8 Å². The van der Waals surface area contributed by atoms with Crippen molar-refractivity contribution in [3.8, 4) is 17.2 Å². The van der Waals surface area contributed by atoms with Crippen LogP contribution >= 0.6 is 0 Å². The van der Waals surface area contributed by atoms with Gasteiger partial charge in [-0.05, 0) is 47.9 Å². The number of methoxy groups -OCH3 is 1. The maximum absolute atomic E-state index is 9.79. The zero-order valence-electron chi connectivity index (χ0n) is 14.3. The molecule has 2 heterocycles. The SMILES string of the molecule is COc1cc(C2OCC3C(c4ccc(O)c(C)c4)OCC23)ccc1O. The highest BCUT2D eigenvalue weighted by Crippen LogP contribution is 2.51. The minimum atomic E-state index is -0.0669. The van der Waals surface area contributed by atoms with Gasteiger partial charge in [-0.25, -0.2) is 0 Å². The highest BCUT2D eigenvalue weighted by molar-refractivity contribution is 5.43. The third kappa shape index (κ3) is 2.73. The van der Waals surface area contributed by atoms with E-state index < -0.39 is 0 Å². The first-order valence-corrected chi connectivity index (χ1v) is 8.48. The monoisotopic (exact) mass is 342 g/mol. The van der Waals surface area contributed by atoms with Gasteiger partial charge in [-0.1, -0.05) is 12.1 Å². The number of aryl methyl sites for hydroxylation is 1. The smallest absolute Gasteiger partial charge is 0.160 e. The summed E-state index contributed by atoms with van der Waals surface area (Å²) in [4.78, 5) is 0. The molecular formula is C20H22O5. The molecule has 0 radical (unpaired) electrons. The molecule has 2 aliphatic rings. The Bertz CT molecular complexity index is 788. The Morgan fingerprint density at radius 3 is 2.00 bits per heavy atom. The lowest BCUT2D eigenvalue weighted by Crippen LogP contribution is -2.14. The molecule has 25 heavy (non-hydrogen) atoms. The highest BCUT2D eigenvalue weighted by atomic mass is 16.5. The Morgan fingerprint density at radius 2 is 1.44 bits per heavy atom. The minimum Gasteiger partial charge on any atom is -0.508 e. The third-order valence-electron chi connectivity index (χ3n) is 5.35. The van der Waals surface area contributed by atoms with Crippen molar-refractivity contribution in [1.29, 1.82) is 0 Å². The summed E-state index contributed by atoms with van der Waals surface area (Å²) < 4.78 is 17.4. The Labute approximate surface area is 146 Å². The van der Waals surface area contributed by atoms with Crippen LogP contribution < -0.4 is 4.74 Å². The Hall–Kier alpha value is -2.24. The molecule has 0 spiro atoms. The van der Waals surface area contributed by atoms with E-state index >= 15 is 0 Å². The van der Waals surface area contributed by atoms with Crippen molar-refractivity contribution in [3.63, 3.8) is 0 Å². The maximum atomic E-state index is 9.79. The van der Waals surface area contributed by atoms with E-state index in [4.69, 9.17) is 14.2 Å². The van der Waals surface area contributed by atoms with E-state index in [1.165, 1.54) is 0 Å². The molecular weight excluding hydrogens is 320 g/mol. The standard InChI is InChI=1S/C20H22O5/c1-11-7-12(3-5-16(11)21)19-14-9-25-20(15(14)10-24-19)13-4-6-17(22)18(8-13)23-2/h3-8,14-15,19-22H,9-10H2,1-2H3. The number of rotatable bonds is 3. The van der Waals surface area contributed by atoms with Crippen LogP contribution in [0.4, 0.5) is 0 Å². The number of ether oxygens (including phenoxy) is 3. The van der Waals surface area contributed by atoms with Crippen molar-refractivity contribution in [2.24, 2.45) is 11.8 Å². The molecule has 0 aliphatic carbocycles. The van der Waals surface area contributed by atoms with Crippen LogP contribution in [-0.2, 0) is 9.47 Å². The molecule has 2 N–H and O–H groups in total. The number of phenolic OH excluding ortho intramolecular Hbond substituents is 2. The summed E-state index contributed by atoms with van der Waals surface area (Å²) in [7, 11) is 1.54. The maximum Gasteiger partial charge on any atom is 0.160 e. The van der Waals surface area contributed by atoms with Gasteiger partial charge in [0.25, 0.3) is 0 Å². The predicted octanol–water partition coefficient (Wildman–Crippen LogP) is 3.49. The number of aromatic hydroxyl groups is 2. The zero-order chi connectivity index (χ0) is 17.6. The second-order valence-electron chi connectivity index (χ2n) is 6.81. The molecule has 4 unspecified atom stereocenters. The largest absolute Gasteiger partial charge is 0.508 e. The fourth-order valence-corrected chi connectivity index (χ4v) is 3.96. The molecule has 2 aromatic rings. The molecule has 0 bridgehead atoms. The van der Waals surface area contributed by atoms with Crippen LogP contribution in [0.15, 0.2) is 36.4 Å². The summed E-state index contributed by atoms with van der Waals surface area (Å²) in [5.74, 6) is 1.41. The second kappa shape index (κ2) is 6.24. The van der Waals surface area contributed by atoms with Crippen LogP contribution in [0.25, 0.3) is 0 Å². The Kier molecular flexibility index (Phi) is 4.06. The van der Waals surface area contributed by atoms with E-state index in [0.717, 1.165) is 16.7 Å². The minimum absolute atomic E-state index is 0.0201. The number of hydrogen-bond donors (Lipinski definition) is 2. The van der Waals surface area contributed by atoms with Gasteiger partial charge >= 0.3 is 0 Å². The van der Waals surface area contributed by atoms with Gasteiger partial charge in [-0.15, -0.1) is 0 Å². The van der Waals surface area contributed by atoms with Crippen LogP contribution in [-0.4, -0.2) is 30.5 Å². The summed E-state index contributed by atoms with van der Waals surface area (Å²) in [6, 6.07) is 11.0. The van der Waals surface area contributed by atoms with E-state index in [0.29, 0.717) is 24.7 Å². The first-order valence-electron chi connectivity index (χ1n) is 8.48. The van der Waals surface area contributed by atoms with E-state index in [2.05, 4.69) is 0 Å². The first-order chi connectivity index (χ1) is 12.1. The quantitative estimate of drug-likeness (QED) is 0.894. The van der Waals surface area contributed by atoms with Crippen LogP contribution in [0.2, 0.25) is 0 Å². The second-order valence-corrected chi connectivity index (χ2v) is 6.81. The number of fused-ring (bicyclic) bond motifs is 1. The van der Waals surface area contributed by atoms with Gasteiger partial charge in [0, 0.05) is 11.8 Å². The molecule has 4 rings (SSSR count). The molecule has 0 saturated carbocycles.